The fourth-order valence-corrected chi connectivity index (χ4v) is 4.22. The second-order valence-electron chi connectivity index (χ2n) is 8.60. The minimum Gasteiger partial charge on any atom is -0.355 e. The van der Waals surface area contributed by atoms with Gasteiger partial charge in [-0.05, 0) is 37.1 Å². The molecule has 2 aromatic rings. The molecule has 4 rings (SSSR count). The van der Waals surface area contributed by atoms with E-state index in [4.69, 9.17) is 0 Å². The third-order valence-corrected chi connectivity index (χ3v) is 6.11. The summed E-state index contributed by atoms with van der Waals surface area (Å²) in [6.07, 6.45) is 3.02. The highest BCUT2D eigenvalue weighted by Crippen LogP contribution is 2.23. The maximum Gasteiger partial charge on any atom is 0.262 e. The highest BCUT2D eigenvalue weighted by molar-refractivity contribution is 6.23. The summed E-state index contributed by atoms with van der Waals surface area (Å²) in [5, 5.41) is 5.44. The van der Waals surface area contributed by atoms with Crippen molar-refractivity contribution < 1.29 is 28.8 Å². The van der Waals surface area contributed by atoms with Crippen molar-refractivity contribution in [2.45, 2.75) is 25.7 Å². The lowest BCUT2D eigenvalue weighted by Crippen LogP contribution is -2.40. The molecule has 0 fully saturated rings. The van der Waals surface area contributed by atoms with E-state index in [2.05, 4.69) is 10.6 Å². The molecule has 0 spiro atoms. The number of nitrogens with zero attached hydrogens (tertiary/aromatic N) is 2. The number of carbonyl (C=O) groups excluding carboxylic acids is 6. The van der Waals surface area contributed by atoms with E-state index in [1.165, 1.54) is 0 Å². The van der Waals surface area contributed by atoms with Gasteiger partial charge in [0.05, 0.1) is 22.3 Å². The van der Waals surface area contributed by atoms with E-state index in [1.54, 1.807) is 48.5 Å². The Morgan fingerprint density at radius 1 is 0.528 bits per heavy atom. The fraction of sp³-hybridized carbons (Fsp3) is 0.308. The summed E-state index contributed by atoms with van der Waals surface area (Å²) < 4.78 is 0. The highest BCUT2D eigenvalue weighted by Gasteiger charge is 2.37. The van der Waals surface area contributed by atoms with Crippen LogP contribution in [0.15, 0.2) is 48.5 Å². The zero-order chi connectivity index (χ0) is 25.7. The third kappa shape index (κ3) is 5.17. The van der Waals surface area contributed by atoms with Crippen molar-refractivity contribution in [3.8, 4) is 0 Å². The molecule has 0 saturated heterocycles. The van der Waals surface area contributed by atoms with Crippen molar-refractivity contribution in [3.05, 3.63) is 70.8 Å². The maximum absolute atomic E-state index is 12.3. The molecule has 0 bridgehead atoms. The van der Waals surface area contributed by atoms with Gasteiger partial charge in [-0.3, -0.25) is 38.6 Å². The van der Waals surface area contributed by atoms with Crippen LogP contribution in [-0.4, -0.2) is 71.4 Å². The first-order valence-corrected chi connectivity index (χ1v) is 11.8. The fourth-order valence-electron chi connectivity index (χ4n) is 4.22. The number of imide groups is 2. The Bertz CT molecular complexity index is 1070. The summed E-state index contributed by atoms with van der Waals surface area (Å²) in [5.74, 6) is -2.65. The monoisotopic (exact) mass is 490 g/mol. The predicted molar refractivity (Wildman–Crippen MR) is 128 cm³/mol. The Labute approximate surface area is 207 Å². The molecule has 186 valence electrons. The van der Waals surface area contributed by atoms with Gasteiger partial charge in [-0.15, -0.1) is 0 Å². The van der Waals surface area contributed by atoms with Crippen LogP contribution in [0.3, 0.4) is 0 Å². The number of unbranched alkanes of at least 4 members (excludes halogenated alkanes) is 3. The number of carbonyl (C=O) groups is 6. The molecule has 2 aromatic carbocycles. The molecule has 0 aliphatic carbocycles. The number of hydrogen-bond acceptors (Lipinski definition) is 6. The summed E-state index contributed by atoms with van der Waals surface area (Å²) in [6.45, 7) is 0.194. The van der Waals surface area contributed by atoms with E-state index in [0.717, 1.165) is 22.6 Å². The lowest BCUT2D eigenvalue weighted by Gasteiger charge is -2.14. The van der Waals surface area contributed by atoms with Crippen molar-refractivity contribution in [2.75, 3.05) is 26.2 Å². The van der Waals surface area contributed by atoms with Gasteiger partial charge in [0.15, 0.2) is 0 Å². The van der Waals surface area contributed by atoms with Crippen LogP contribution in [0.25, 0.3) is 0 Å². The smallest absolute Gasteiger partial charge is 0.262 e. The van der Waals surface area contributed by atoms with Gasteiger partial charge < -0.3 is 10.6 Å². The van der Waals surface area contributed by atoms with Gasteiger partial charge in [0.1, 0.15) is 13.1 Å². The average Bonchev–Trinajstić information content (AvgIpc) is 3.26. The molecule has 0 aromatic heterocycles. The predicted octanol–water partition coefficient (Wildman–Crippen LogP) is 1.37. The van der Waals surface area contributed by atoms with Gasteiger partial charge in [-0.2, -0.15) is 0 Å². The largest absolute Gasteiger partial charge is 0.355 e. The Morgan fingerprint density at radius 2 is 0.833 bits per heavy atom. The third-order valence-electron chi connectivity index (χ3n) is 6.11. The second-order valence-corrected chi connectivity index (χ2v) is 8.60. The number of hydrogen-bond donors (Lipinski definition) is 2. The van der Waals surface area contributed by atoms with Crippen LogP contribution >= 0.6 is 0 Å². The maximum atomic E-state index is 12.3. The first kappa shape index (κ1) is 24.8. The van der Waals surface area contributed by atoms with Crippen LogP contribution in [0.5, 0.6) is 0 Å². The molecule has 0 atom stereocenters. The minimum atomic E-state index is -0.462. The number of amides is 6. The van der Waals surface area contributed by atoms with E-state index in [0.29, 0.717) is 48.2 Å². The van der Waals surface area contributed by atoms with Crippen LogP contribution in [0.2, 0.25) is 0 Å². The molecular formula is C26H26N4O6. The number of fused-ring (bicyclic) bond motifs is 2. The first-order chi connectivity index (χ1) is 17.4. The Hall–Kier alpha value is -4.34. The van der Waals surface area contributed by atoms with Crippen LogP contribution in [-0.2, 0) is 9.59 Å². The van der Waals surface area contributed by atoms with E-state index in [9.17, 15) is 28.8 Å². The molecule has 2 heterocycles. The zero-order valence-electron chi connectivity index (χ0n) is 19.6. The first-order valence-electron chi connectivity index (χ1n) is 11.8. The average molecular weight is 491 g/mol. The summed E-state index contributed by atoms with van der Waals surface area (Å²) in [6, 6.07) is 13.0. The normalized spacial score (nSPS) is 14.2. The van der Waals surface area contributed by atoms with Crippen molar-refractivity contribution in [1.82, 2.24) is 20.4 Å². The van der Waals surface area contributed by atoms with E-state index < -0.39 is 35.4 Å². The topological polar surface area (TPSA) is 133 Å². The van der Waals surface area contributed by atoms with Crippen LogP contribution in [0.1, 0.15) is 67.1 Å². The van der Waals surface area contributed by atoms with Crippen molar-refractivity contribution >= 4 is 35.4 Å². The molecule has 0 saturated carbocycles. The number of rotatable bonds is 11. The summed E-state index contributed by atoms with van der Waals surface area (Å²) >= 11 is 0. The minimum absolute atomic E-state index is 0.311. The number of benzene rings is 2. The van der Waals surface area contributed by atoms with Gasteiger partial charge in [0, 0.05) is 13.1 Å². The van der Waals surface area contributed by atoms with Crippen molar-refractivity contribution in [3.63, 3.8) is 0 Å². The van der Waals surface area contributed by atoms with Gasteiger partial charge in [0.25, 0.3) is 23.6 Å². The quantitative estimate of drug-likeness (QED) is 0.361. The molecular weight excluding hydrogens is 464 g/mol. The summed E-state index contributed by atoms with van der Waals surface area (Å²) in [7, 11) is 0. The molecule has 2 aliphatic heterocycles. The molecule has 10 nitrogen and oxygen atoms in total. The Balaban J connectivity index is 1.06. The summed E-state index contributed by atoms with van der Waals surface area (Å²) in [4.78, 5) is 75.4. The number of nitrogens with one attached hydrogen (secondary N) is 2. The lowest BCUT2D eigenvalue weighted by atomic mass is 10.1. The molecule has 0 radical (unpaired) electrons. The SMILES string of the molecule is O=C(CN1C(=O)c2ccccc2C1=O)NCCCCCCNC(=O)CN1C(=O)c2ccccc2C1=O. The lowest BCUT2D eigenvalue weighted by molar-refractivity contribution is -0.122. The molecule has 36 heavy (non-hydrogen) atoms. The van der Waals surface area contributed by atoms with Crippen LogP contribution in [0.4, 0.5) is 0 Å². The molecule has 2 aliphatic rings. The molecule has 10 heteroatoms. The van der Waals surface area contributed by atoms with Crippen LogP contribution < -0.4 is 10.6 Å². The standard InChI is InChI=1S/C26H26N4O6/c31-21(15-29-23(33)17-9-3-4-10-18(17)24(29)34)27-13-7-1-2-8-14-28-22(32)16-30-25(35)19-11-5-6-12-20(19)26(30)36/h3-6,9-12H,1-2,7-8,13-16H2,(H,27,31)(H,28,32). The molecule has 2 N–H and O–H groups in total. The Morgan fingerprint density at radius 3 is 1.14 bits per heavy atom. The van der Waals surface area contributed by atoms with Gasteiger partial charge in [-0.1, -0.05) is 37.1 Å². The van der Waals surface area contributed by atoms with E-state index >= 15 is 0 Å². The highest BCUT2D eigenvalue weighted by atomic mass is 16.2. The van der Waals surface area contributed by atoms with Crippen molar-refractivity contribution in [1.29, 1.82) is 0 Å². The molecule has 6 amide bonds. The van der Waals surface area contributed by atoms with Gasteiger partial charge >= 0.3 is 0 Å². The Kier molecular flexibility index (Phi) is 7.53. The second kappa shape index (κ2) is 10.9. The molecule has 0 unspecified atom stereocenters. The zero-order valence-corrected chi connectivity index (χ0v) is 19.6. The van der Waals surface area contributed by atoms with E-state index in [-0.39, 0.29) is 13.1 Å². The van der Waals surface area contributed by atoms with Crippen LogP contribution in [0, 0.1) is 0 Å². The van der Waals surface area contributed by atoms with E-state index in [1.807, 2.05) is 0 Å². The summed E-state index contributed by atoms with van der Waals surface area (Å²) in [5.41, 5.74) is 1.24. The van der Waals surface area contributed by atoms with Crippen molar-refractivity contribution in [2.24, 2.45) is 0 Å². The van der Waals surface area contributed by atoms with Gasteiger partial charge in [0.2, 0.25) is 11.8 Å². The van der Waals surface area contributed by atoms with Gasteiger partial charge in [-0.25, -0.2) is 0 Å².